The van der Waals surface area contributed by atoms with Crippen LogP contribution in [0.25, 0.3) is 10.9 Å². The Labute approximate surface area is 111 Å². The highest BCUT2D eigenvalue weighted by molar-refractivity contribution is 6.36. The van der Waals surface area contributed by atoms with Crippen molar-refractivity contribution in [3.63, 3.8) is 0 Å². The third kappa shape index (κ3) is 2.09. The maximum atomic E-state index is 6.21. The van der Waals surface area contributed by atoms with Gasteiger partial charge in [0.1, 0.15) is 11.3 Å². The Balaban J connectivity index is 2.86. The minimum Gasteiger partial charge on any atom is -0.494 e. The van der Waals surface area contributed by atoms with E-state index in [2.05, 4.69) is 24.3 Å². The zero-order valence-electron chi connectivity index (χ0n) is 10.6. The van der Waals surface area contributed by atoms with Crippen LogP contribution in [-0.4, -0.2) is 12.1 Å². The number of nitrogens with zero attached hydrogens (tertiary/aromatic N) is 1. The van der Waals surface area contributed by atoms with E-state index in [-0.39, 0.29) is 0 Å². The molecule has 0 spiro atoms. The summed E-state index contributed by atoms with van der Waals surface area (Å²) < 4.78 is 5.33. The number of benzene rings is 1. The minimum atomic E-state index is 0.296. The van der Waals surface area contributed by atoms with Crippen LogP contribution in [0.5, 0.6) is 5.75 Å². The lowest BCUT2D eigenvalue weighted by molar-refractivity contribution is 0.419. The van der Waals surface area contributed by atoms with Gasteiger partial charge in [0.15, 0.2) is 0 Å². The van der Waals surface area contributed by atoms with Crippen LogP contribution in [-0.2, 0) is 0 Å². The number of hydrogen-bond acceptors (Lipinski definition) is 4. The van der Waals surface area contributed by atoms with Crippen molar-refractivity contribution in [2.24, 2.45) is 5.84 Å². The molecule has 0 saturated carbocycles. The molecule has 18 heavy (non-hydrogen) atoms. The van der Waals surface area contributed by atoms with Gasteiger partial charge in [-0.2, -0.15) is 0 Å². The van der Waals surface area contributed by atoms with Crippen LogP contribution >= 0.6 is 11.6 Å². The number of anilines is 1. The molecule has 2 rings (SSSR count). The van der Waals surface area contributed by atoms with E-state index in [1.807, 2.05) is 12.1 Å². The van der Waals surface area contributed by atoms with Crippen molar-refractivity contribution < 1.29 is 4.74 Å². The Hall–Kier alpha value is -1.52. The van der Waals surface area contributed by atoms with Crippen molar-refractivity contribution in [1.29, 1.82) is 0 Å². The van der Waals surface area contributed by atoms with Crippen LogP contribution < -0.4 is 16.0 Å². The van der Waals surface area contributed by atoms with Gasteiger partial charge in [0, 0.05) is 11.1 Å². The Morgan fingerprint density at radius 1 is 1.39 bits per heavy atom. The Kier molecular flexibility index (Phi) is 3.59. The molecule has 0 aliphatic carbocycles. The minimum absolute atomic E-state index is 0.296. The van der Waals surface area contributed by atoms with Gasteiger partial charge in [0.2, 0.25) is 0 Å². The molecule has 1 aromatic heterocycles. The number of hydrogen-bond donors (Lipinski definition) is 2. The van der Waals surface area contributed by atoms with Crippen LogP contribution in [0.3, 0.4) is 0 Å². The highest BCUT2D eigenvalue weighted by Gasteiger charge is 2.14. The third-order valence-electron chi connectivity index (χ3n) is 2.86. The highest BCUT2D eigenvalue weighted by atomic mass is 35.5. The number of methoxy groups -OCH3 is 1. The molecule has 96 valence electrons. The molecule has 0 unspecified atom stereocenters. The second-order valence-electron chi connectivity index (χ2n) is 4.37. The molecular weight excluding hydrogens is 250 g/mol. The number of nitrogens with one attached hydrogen (secondary N) is 1. The van der Waals surface area contributed by atoms with E-state index in [1.54, 1.807) is 13.2 Å². The summed E-state index contributed by atoms with van der Waals surface area (Å²) in [7, 11) is 1.61. The predicted molar refractivity (Wildman–Crippen MR) is 75.2 cm³/mol. The third-order valence-corrected chi connectivity index (χ3v) is 3.17. The lowest BCUT2D eigenvalue weighted by Crippen LogP contribution is -2.09. The molecule has 5 heteroatoms. The van der Waals surface area contributed by atoms with E-state index in [4.69, 9.17) is 22.2 Å². The SMILES string of the molecule is COc1ccc(Cl)c2c(NN)cc(C(C)C)nc12. The number of hydrazine groups is 1. The molecule has 1 aromatic carbocycles. The molecular formula is C13H16ClN3O. The molecule has 0 radical (unpaired) electrons. The average Bonchev–Trinajstić information content (AvgIpc) is 2.37. The van der Waals surface area contributed by atoms with Crippen LogP contribution in [0.15, 0.2) is 18.2 Å². The summed E-state index contributed by atoms with van der Waals surface area (Å²) in [5.41, 5.74) is 5.10. The number of pyridine rings is 1. The van der Waals surface area contributed by atoms with Gasteiger partial charge < -0.3 is 10.2 Å². The van der Waals surface area contributed by atoms with E-state index in [9.17, 15) is 0 Å². The number of halogens is 1. The molecule has 0 amide bonds. The van der Waals surface area contributed by atoms with Crippen LogP contribution in [0.2, 0.25) is 5.02 Å². The van der Waals surface area contributed by atoms with Crippen molar-refractivity contribution in [2.45, 2.75) is 19.8 Å². The molecule has 0 aliphatic heterocycles. The fraction of sp³-hybridized carbons (Fsp3) is 0.308. The topological polar surface area (TPSA) is 60.2 Å². The van der Waals surface area contributed by atoms with Crippen molar-refractivity contribution in [1.82, 2.24) is 4.98 Å². The lowest BCUT2D eigenvalue weighted by atomic mass is 10.1. The second kappa shape index (κ2) is 5.00. The fourth-order valence-corrected chi connectivity index (χ4v) is 2.12. The maximum Gasteiger partial charge on any atom is 0.145 e. The number of rotatable bonds is 3. The van der Waals surface area contributed by atoms with Crippen LogP contribution in [0, 0.1) is 0 Å². The smallest absolute Gasteiger partial charge is 0.145 e. The predicted octanol–water partition coefficient (Wildman–Crippen LogP) is 3.31. The Morgan fingerprint density at radius 2 is 2.11 bits per heavy atom. The summed E-state index contributed by atoms with van der Waals surface area (Å²) in [6.45, 7) is 4.15. The molecule has 0 saturated heterocycles. The summed E-state index contributed by atoms with van der Waals surface area (Å²) in [6.07, 6.45) is 0. The lowest BCUT2D eigenvalue weighted by Gasteiger charge is -2.14. The zero-order valence-corrected chi connectivity index (χ0v) is 11.4. The first-order chi connectivity index (χ1) is 8.58. The van der Waals surface area contributed by atoms with Crippen molar-refractivity contribution in [2.75, 3.05) is 12.5 Å². The van der Waals surface area contributed by atoms with Crippen LogP contribution in [0.1, 0.15) is 25.5 Å². The van der Waals surface area contributed by atoms with E-state index in [0.717, 1.165) is 22.3 Å². The van der Waals surface area contributed by atoms with Gasteiger partial charge in [-0.1, -0.05) is 25.4 Å². The standard InChI is InChI=1S/C13H16ClN3O/c1-7(2)9-6-10(17-15)12-8(14)4-5-11(18-3)13(12)16-9/h4-7H,15H2,1-3H3,(H,16,17). The first-order valence-electron chi connectivity index (χ1n) is 5.72. The molecule has 4 nitrogen and oxygen atoms in total. The van der Waals surface area contributed by atoms with E-state index in [0.29, 0.717) is 16.7 Å². The number of nitrogens with two attached hydrogens (primary N) is 1. The average molecular weight is 266 g/mol. The van der Waals surface area contributed by atoms with Crippen molar-refractivity contribution in [3.8, 4) is 5.75 Å². The van der Waals surface area contributed by atoms with Crippen molar-refractivity contribution >= 4 is 28.2 Å². The van der Waals surface area contributed by atoms with Gasteiger partial charge in [0.25, 0.3) is 0 Å². The first-order valence-corrected chi connectivity index (χ1v) is 6.10. The van der Waals surface area contributed by atoms with Gasteiger partial charge in [-0.15, -0.1) is 0 Å². The van der Waals surface area contributed by atoms with Crippen LogP contribution in [0.4, 0.5) is 5.69 Å². The van der Waals surface area contributed by atoms with Crippen molar-refractivity contribution in [3.05, 3.63) is 28.9 Å². The summed E-state index contributed by atoms with van der Waals surface area (Å²) in [5.74, 6) is 6.55. The molecule has 1 heterocycles. The molecule has 2 aromatic rings. The van der Waals surface area contributed by atoms with Gasteiger partial charge in [-0.05, 0) is 24.1 Å². The van der Waals surface area contributed by atoms with Gasteiger partial charge >= 0.3 is 0 Å². The number of fused-ring (bicyclic) bond motifs is 1. The number of aromatic nitrogens is 1. The van der Waals surface area contributed by atoms with Gasteiger partial charge in [-0.3, -0.25) is 5.84 Å². The first kappa shape index (κ1) is 12.9. The quantitative estimate of drug-likeness (QED) is 0.660. The molecule has 0 bridgehead atoms. The largest absolute Gasteiger partial charge is 0.494 e. The molecule has 0 fully saturated rings. The second-order valence-corrected chi connectivity index (χ2v) is 4.77. The summed E-state index contributed by atoms with van der Waals surface area (Å²) in [5, 5.41) is 1.38. The number of ether oxygens (including phenoxy) is 1. The van der Waals surface area contributed by atoms with E-state index < -0.39 is 0 Å². The summed E-state index contributed by atoms with van der Waals surface area (Å²) in [4.78, 5) is 4.61. The van der Waals surface area contributed by atoms with Gasteiger partial charge in [0.05, 0.1) is 17.8 Å². The summed E-state index contributed by atoms with van der Waals surface area (Å²) in [6, 6.07) is 5.50. The summed E-state index contributed by atoms with van der Waals surface area (Å²) >= 11 is 6.21. The monoisotopic (exact) mass is 265 g/mol. The highest BCUT2D eigenvalue weighted by Crippen LogP contribution is 2.36. The fourth-order valence-electron chi connectivity index (χ4n) is 1.87. The molecule has 0 aliphatic rings. The Morgan fingerprint density at radius 3 is 2.67 bits per heavy atom. The van der Waals surface area contributed by atoms with Gasteiger partial charge in [-0.25, -0.2) is 4.98 Å². The maximum absolute atomic E-state index is 6.21. The molecule has 0 atom stereocenters. The number of nitrogen functional groups attached to an aromatic ring is 1. The zero-order chi connectivity index (χ0) is 13.3. The Bertz CT molecular complexity index is 584. The normalized spacial score (nSPS) is 11.0. The van der Waals surface area contributed by atoms with E-state index in [1.165, 1.54) is 0 Å². The molecule has 3 N–H and O–H groups in total. The van der Waals surface area contributed by atoms with E-state index >= 15 is 0 Å².